The molecule has 1 aliphatic rings. The monoisotopic (exact) mass is 474 g/mol. The topological polar surface area (TPSA) is 96.2 Å². The van der Waals surface area contributed by atoms with Crippen LogP contribution in [0, 0.1) is 22.6 Å². The smallest absolute Gasteiger partial charge is 0.270 e. The molecule has 9 nitrogen and oxygen atoms in total. The molecular formula is C17H23BrN4O5S. The first-order valence-electron chi connectivity index (χ1n) is 8.66. The van der Waals surface area contributed by atoms with Crippen LogP contribution in [-0.4, -0.2) is 80.9 Å². The van der Waals surface area contributed by atoms with E-state index in [4.69, 9.17) is 11.2 Å². The number of nitro benzene ring substituents is 1. The number of rotatable bonds is 9. The fraction of sp³-hybridized carbons (Fsp3) is 0.529. The number of morpholine rings is 1. The van der Waals surface area contributed by atoms with E-state index in [0.717, 1.165) is 19.2 Å². The van der Waals surface area contributed by atoms with E-state index in [1.165, 1.54) is 28.4 Å². The van der Waals surface area contributed by atoms with Gasteiger partial charge >= 0.3 is 0 Å². The lowest BCUT2D eigenvalue weighted by atomic mass is 10.2. The van der Waals surface area contributed by atoms with Crippen molar-refractivity contribution in [1.29, 1.82) is 0 Å². The van der Waals surface area contributed by atoms with Crippen molar-refractivity contribution >= 4 is 37.3 Å². The average Bonchev–Trinajstić information content (AvgIpc) is 2.70. The van der Waals surface area contributed by atoms with Crippen molar-refractivity contribution in [2.75, 3.05) is 63.2 Å². The Morgan fingerprint density at radius 1 is 1.36 bits per heavy atom. The molecule has 1 aromatic rings. The van der Waals surface area contributed by atoms with Crippen LogP contribution >= 0.6 is 15.9 Å². The van der Waals surface area contributed by atoms with Gasteiger partial charge < -0.3 is 4.74 Å². The Morgan fingerprint density at radius 2 is 2.04 bits per heavy atom. The molecule has 0 bridgehead atoms. The zero-order chi connectivity index (χ0) is 20.7. The summed E-state index contributed by atoms with van der Waals surface area (Å²) >= 11 is 3.28. The van der Waals surface area contributed by atoms with E-state index in [9.17, 15) is 18.5 Å². The second-order valence-electron chi connectivity index (χ2n) is 6.16. The highest BCUT2D eigenvalue weighted by Gasteiger charge is 2.29. The number of alkyl halides is 1. The molecule has 11 heteroatoms. The van der Waals surface area contributed by atoms with Gasteiger partial charge in [-0.25, -0.2) is 8.42 Å². The van der Waals surface area contributed by atoms with Crippen molar-refractivity contribution in [2.45, 2.75) is 4.90 Å². The fourth-order valence-electron chi connectivity index (χ4n) is 2.78. The van der Waals surface area contributed by atoms with Gasteiger partial charge in [-0.3, -0.25) is 19.9 Å². The number of nitrogens with zero attached hydrogens (tertiary/aromatic N) is 4. The summed E-state index contributed by atoms with van der Waals surface area (Å²) in [6.07, 6.45) is 5.53. The third kappa shape index (κ3) is 5.42. The van der Waals surface area contributed by atoms with Crippen LogP contribution < -0.4 is 4.90 Å². The molecule has 1 aliphatic heterocycles. The number of terminal acetylenes is 1. The van der Waals surface area contributed by atoms with E-state index >= 15 is 0 Å². The molecule has 2 rings (SSSR count). The lowest BCUT2D eigenvalue weighted by Gasteiger charge is -2.29. The van der Waals surface area contributed by atoms with Gasteiger partial charge in [-0.15, -0.1) is 0 Å². The molecule has 1 fully saturated rings. The number of halogens is 1. The fourth-order valence-corrected chi connectivity index (χ4v) is 4.50. The van der Waals surface area contributed by atoms with Crippen molar-refractivity contribution < 1.29 is 18.1 Å². The number of ether oxygens (including phenoxy) is 1. The summed E-state index contributed by atoms with van der Waals surface area (Å²) in [5.74, 6) is 0. The first-order valence-corrected chi connectivity index (χ1v) is 11.2. The quantitative estimate of drug-likeness (QED) is 0.175. The number of non-ortho nitro benzene ring substituents is 1. The predicted octanol–water partition coefficient (Wildman–Crippen LogP) is 1.34. The highest BCUT2D eigenvalue weighted by molar-refractivity contribution is 9.09. The molecule has 0 aromatic heterocycles. The summed E-state index contributed by atoms with van der Waals surface area (Å²) in [6.45, 7) is 3.87. The molecule has 0 unspecified atom stereocenters. The summed E-state index contributed by atoms with van der Waals surface area (Å²) in [7, 11) is -2.52. The summed E-state index contributed by atoms with van der Waals surface area (Å²) in [6, 6.07) is 6.12. The van der Waals surface area contributed by atoms with Gasteiger partial charge in [0.2, 0.25) is 10.0 Å². The molecule has 0 radical (unpaired) electrons. The number of benzene rings is 1. The van der Waals surface area contributed by atoms with Crippen molar-refractivity contribution in [1.82, 2.24) is 9.21 Å². The van der Waals surface area contributed by atoms with E-state index in [2.05, 4.69) is 26.9 Å². The number of nitro groups is 1. The van der Waals surface area contributed by atoms with Crippen molar-refractivity contribution in [3.05, 3.63) is 28.3 Å². The lowest BCUT2D eigenvalue weighted by molar-refractivity contribution is -0.385. The van der Waals surface area contributed by atoms with Crippen LogP contribution in [0.5, 0.6) is 0 Å². The number of hydrogen-bond donors (Lipinski definition) is 0. The van der Waals surface area contributed by atoms with Crippen LogP contribution in [0.15, 0.2) is 23.1 Å². The number of likely N-dealkylation sites (N-methyl/N-ethyl adjacent to an activating group) is 1. The van der Waals surface area contributed by atoms with Gasteiger partial charge in [0.1, 0.15) is 4.90 Å². The minimum absolute atomic E-state index is 0.176. The highest BCUT2D eigenvalue weighted by Crippen LogP contribution is 2.31. The SMILES string of the molecule is C#CN(CCBr)c1ccc([N+](=O)[O-])cc1S(=O)(=O)N(C)CCN1CCOCC1. The van der Waals surface area contributed by atoms with Crippen LogP contribution in [0.4, 0.5) is 11.4 Å². The molecule has 0 N–H and O–H groups in total. The van der Waals surface area contributed by atoms with Gasteiger partial charge in [0.05, 0.1) is 23.8 Å². The molecule has 0 atom stereocenters. The van der Waals surface area contributed by atoms with Gasteiger partial charge in [-0.05, 0) is 6.07 Å². The largest absolute Gasteiger partial charge is 0.379 e. The van der Waals surface area contributed by atoms with E-state index in [0.29, 0.717) is 31.6 Å². The molecule has 0 aliphatic carbocycles. The summed E-state index contributed by atoms with van der Waals surface area (Å²) in [5.41, 5.74) is -0.0644. The highest BCUT2D eigenvalue weighted by atomic mass is 79.9. The molecule has 0 saturated carbocycles. The molecule has 1 heterocycles. The van der Waals surface area contributed by atoms with Crippen molar-refractivity contribution in [3.63, 3.8) is 0 Å². The molecular weight excluding hydrogens is 452 g/mol. The Bertz CT molecular complexity index is 836. The Kier molecular flexibility index (Phi) is 8.21. The summed E-state index contributed by atoms with van der Waals surface area (Å²) in [5, 5.41) is 11.7. The Hall–Kier alpha value is -1.71. The van der Waals surface area contributed by atoms with Crippen LogP contribution in [0.25, 0.3) is 0 Å². The summed E-state index contributed by atoms with van der Waals surface area (Å²) < 4.78 is 32.8. The molecule has 0 amide bonds. The Balaban J connectivity index is 2.33. The minimum Gasteiger partial charge on any atom is -0.379 e. The van der Waals surface area contributed by atoms with E-state index in [1.807, 2.05) is 0 Å². The second-order valence-corrected chi connectivity index (χ2v) is 8.97. The zero-order valence-electron chi connectivity index (χ0n) is 15.6. The van der Waals surface area contributed by atoms with E-state index in [1.54, 1.807) is 0 Å². The van der Waals surface area contributed by atoms with Crippen LogP contribution in [-0.2, 0) is 14.8 Å². The first kappa shape index (κ1) is 22.6. The molecule has 154 valence electrons. The van der Waals surface area contributed by atoms with Gasteiger partial charge in [0, 0.05) is 63.3 Å². The standard InChI is InChI=1S/C17H23BrN4O5S/c1-3-21(7-6-18)16-5-4-15(22(23)24)14-17(16)28(25,26)19(2)8-9-20-10-12-27-13-11-20/h1,4-5,14H,6-13H2,2H3. The molecule has 1 saturated heterocycles. The maximum atomic E-state index is 13.2. The van der Waals surface area contributed by atoms with Crippen LogP contribution in [0.1, 0.15) is 0 Å². The minimum atomic E-state index is -3.98. The zero-order valence-corrected chi connectivity index (χ0v) is 18.0. The maximum Gasteiger partial charge on any atom is 0.270 e. The van der Waals surface area contributed by atoms with Gasteiger partial charge in [-0.1, -0.05) is 22.4 Å². The van der Waals surface area contributed by atoms with E-state index < -0.39 is 14.9 Å². The van der Waals surface area contributed by atoms with Crippen LogP contribution in [0.3, 0.4) is 0 Å². The average molecular weight is 475 g/mol. The van der Waals surface area contributed by atoms with Gasteiger partial charge in [0.15, 0.2) is 0 Å². The Labute approximate surface area is 173 Å². The second kappa shape index (κ2) is 10.2. The number of sulfonamides is 1. The number of hydrogen-bond acceptors (Lipinski definition) is 7. The molecule has 1 aromatic carbocycles. The first-order chi connectivity index (χ1) is 13.3. The third-order valence-electron chi connectivity index (χ3n) is 4.43. The molecule has 28 heavy (non-hydrogen) atoms. The predicted molar refractivity (Wildman–Crippen MR) is 110 cm³/mol. The Morgan fingerprint density at radius 3 is 2.61 bits per heavy atom. The van der Waals surface area contributed by atoms with Crippen molar-refractivity contribution in [3.8, 4) is 12.5 Å². The summed E-state index contributed by atoms with van der Waals surface area (Å²) in [4.78, 5) is 13.9. The maximum absolute atomic E-state index is 13.2. The molecule has 0 spiro atoms. The van der Waals surface area contributed by atoms with Gasteiger partial charge in [-0.2, -0.15) is 4.31 Å². The van der Waals surface area contributed by atoms with Crippen LogP contribution in [0.2, 0.25) is 0 Å². The third-order valence-corrected chi connectivity index (χ3v) is 6.67. The van der Waals surface area contributed by atoms with Crippen molar-refractivity contribution in [2.24, 2.45) is 0 Å². The normalized spacial score (nSPS) is 15.4. The lowest BCUT2D eigenvalue weighted by Crippen LogP contribution is -2.42. The van der Waals surface area contributed by atoms with Gasteiger partial charge in [0.25, 0.3) is 5.69 Å². The van der Waals surface area contributed by atoms with E-state index in [-0.39, 0.29) is 22.8 Å². The number of anilines is 1.